The van der Waals surface area contributed by atoms with Crippen LogP contribution in [0, 0.1) is 24.7 Å². The second-order valence-electron chi connectivity index (χ2n) is 9.56. The van der Waals surface area contributed by atoms with Gasteiger partial charge in [-0.1, -0.05) is 13.8 Å². The monoisotopic (exact) mass is 462 g/mol. The van der Waals surface area contributed by atoms with Gasteiger partial charge >= 0.3 is 6.18 Å². The summed E-state index contributed by atoms with van der Waals surface area (Å²) in [5, 5.41) is 2.97. The van der Waals surface area contributed by atoms with Crippen LogP contribution in [0.5, 0.6) is 0 Å². The maximum Gasteiger partial charge on any atom is 0.434 e. The van der Waals surface area contributed by atoms with Gasteiger partial charge in [0.05, 0.1) is 17.6 Å². The highest BCUT2D eigenvalue weighted by atomic mass is 19.4. The standard InChI is InChI=1S/C23H29F3N6O/c1-12(2)20-22(33)31-19-13(3)29-18(30-21(19)32(20)4)9-15-6-5-14(7-15)8-16-10-28-17(11-27-16)23(24,25)26/h10-12,14-15,20H,5-9H2,1-4H3,(H,31,33)/t14-,15+,20-/m0/s1. The van der Waals surface area contributed by atoms with Crippen LogP contribution in [0.1, 0.15) is 56.0 Å². The fourth-order valence-electron chi connectivity index (χ4n) is 5.07. The topological polar surface area (TPSA) is 83.9 Å². The van der Waals surface area contributed by atoms with E-state index in [1.54, 1.807) is 0 Å². The van der Waals surface area contributed by atoms with Crippen LogP contribution in [0.15, 0.2) is 12.4 Å². The molecule has 2 aliphatic rings. The van der Waals surface area contributed by atoms with E-state index >= 15 is 0 Å². The molecule has 4 rings (SSSR count). The number of rotatable bonds is 5. The number of fused-ring (bicyclic) bond motifs is 1. The van der Waals surface area contributed by atoms with E-state index in [4.69, 9.17) is 4.98 Å². The molecule has 1 aliphatic carbocycles. The Kier molecular flexibility index (Phi) is 6.28. The molecule has 3 atom stereocenters. The Hall–Kier alpha value is -2.78. The van der Waals surface area contributed by atoms with Gasteiger partial charge in [-0.15, -0.1) is 0 Å². The Morgan fingerprint density at radius 2 is 1.82 bits per heavy atom. The number of alkyl halides is 3. The minimum Gasteiger partial charge on any atom is -0.346 e. The van der Waals surface area contributed by atoms with Gasteiger partial charge in [-0.3, -0.25) is 9.78 Å². The Labute approximate surface area is 191 Å². The summed E-state index contributed by atoms with van der Waals surface area (Å²) < 4.78 is 38.0. The average Bonchev–Trinajstić information content (AvgIpc) is 3.15. The molecule has 178 valence electrons. The Morgan fingerprint density at radius 1 is 1.12 bits per heavy atom. The van der Waals surface area contributed by atoms with E-state index in [1.807, 2.05) is 32.7 Å². The lowest BCUT2D eigenvalue weighted by atomic mass is 9.97. The van der Waals surface area contributed by atoms with Gasteiger partial charge in [-0.2, -0.15) is 13.2 Å². The maximum absolute atomic E-state index is 12.7. The quantitative estimate of drug-likeness (QED) is 0.717. The maximum atomic E-state index is 12.7. The van der Waals surface area contributed by atoms with Crippen LogP contribution in [0.4, 0.5) is 24.7 Å². The predicted octanol–water partition coefficient (Wildman–Crippen LogP) is 4.21. The summed E-state index contributed by atoms with van der Waals surface area (Å²) in [6, 6.07) is -0.277. The number of carbonyl (C=O) groups is 1. The van der Waals surface area contributed by atoms with Crippen LogP contribution in [-0.4, -0.2) is 38.9 Å². The zero-order valence-electron chi connectivity index (χ0n) is 19.3. The Balaban J connectivity index is 1.41. The summed E-state index contributed by atoms with van der Waals surface area (Å²) >= 11 is 0. The lowest BCUT2D eigenvalue weighted by Gasteiger charge is -2.37. The highest BCUT2D eigenvalue weighted by molar-refractivity contribution is 6.03. The molecule has 7 nitrogen and oxygen atoms in total. The lowest BCUT2D eigenvalue weighted by molar-refractivity contribution is -0.141. The molecule has 33 heavy (non-hydrogen) atoms. The second kappa shape index (κ2) is 8.87. The number of anilines is 2. The third kappa shape index (κ3) is 4.94. The van der Waals surface area contributed by atoms with E-state index in [9.17, 15) is 18.0 Å². The molecule has 0 aromatic carbocycles. The number of nitrogens with zero attached hydrogens (tertiary/aromatic N) is 5. The average molecular weight is 463 g/mol. The molecule has 10 heteroatoms. The number of hydrogen-bond donors (Lipinski definition) is 1. The molecular weight excluding hydrogens is 433 g/mol. The first-order chi connectivity index (χ1) is 15.5. The van der Waals surface area contributed by atoms with Crippen LogP contribution in [0.2, 0.25) is 0 Å². The first-order valence-corrected chi connectivity index (χ1v) is 11.3. The van der Waals surface area contributed by atoms with Crippen LogP contribution in [0.3, 0.4) is 0 Å². The number of likely N-dealkylation sites (N-methyl/N-ethyl adjacent to an activating group) is 1. The van der Waals surface area contributed by atoms with Crippen molar-refractivity contribution >= 4 is 17.4 Å². The number of amides is 1. The van der Waals surface area contributed by atoms with Crippen molar-refractivity contribution in [1.82, 2.24) is 19.9 Å². The fourth-order valence-corrected chi connectivity index (χ4v) is 5.07. The zero-order chi connectivity index (χ0) is 23.9. The van der Waals surface area contributed by atoms with Crippen molar-refractivity contribution in [2.24, 2.45) is 17.8 Å². The lowest BCUT2D eigenvalue weighted by Crippen LogP contribution is -2.49. The predicted molar refractivity (Wildman–Crippen MR) is 118 cm³/mol. The van der Waals surface area contributed by atoms with Crippen LogP contribution in [-0.2, 0) is 23.8 Å². The summed E-state index contributed by atoms with van der Waals surface area (Å²) in [7, 11) is 1.90. The first kappa shape index (κ1) is 23.4. The van der Waals surface area contributed by atoms with Gasteiger partial charge in [-0.25, -0.2) is 15.0 Å². The van der Waals surface area contributed by atoms with E-state index < -0.39 is 11.9 Å². The van der Waals surface area contributed by atoms with Crippen LogP contribution < -0.4 is 10.2 Å². The Morgan fingerprint density at radius 3 is 2.42 bits per heavy atom. The van der Waals surface area contributed by atoms with E-state index in [2.05, 4.69) is 20.3 Å². The van der Waals surface area contributed by atoms with Gasteiger partial charge < -0.3 is 10.2 Å². The third-order valence-corrected chi connectivity index (χ3v) is 6.63. The molecule has 1 saturated carbocycles. The number of carbonyl (C=O) groups excluding carboxylic acids is 1. The van der Waals surface area contributed by atoms with Crippen molar-refractivity contribution in [2.75, 3.05) is 17.3 Å². The molecule has 2 aromatic rings. The minimum absolute atomic E-state index is 0.0375. The fraction of sp³-hybridized carbons (Fsp3) is 0.609. The van der Waals surface area contributed by atoms with Gasteiger partial charge in [0, 0.05) is 19.7 Å². The molecule has 1 fully saturated rings. The van der Waals surface area contributed by atoms with Crippen molar-refractivity contribution in [3.05, 3.63) is 35.3 Å². The Bertz CT molecular complexity index is 1020. The van der Waals surface area contributed by atoms with Gasteiger partial charge in [0.1, 0.15) is 17.6 Å². The van der Waals surface area contributed by atoms with Crippen molar-refractivity contribution in [2.45, 2.75) is 65.1 Å². The molecule has 3 heterocycles. The summed E-state index contributed by atoms with van der Waals surface area (Å²) in [5.41, 5.74) is 1.06. The van der Waals surface area contributed by atoms with E-state index in [0.717, 1.165) is 49.2 Å². The molecule has 1 aliphatic heterocycles. The molecule has 0 saturated heterocycles. The summed E-state index contributed by atoms with van der Waals surface area (Å²) in [6.07, 6.45) is 1.88. The van der Waals surface area contributed by atoms with E-state index in [0.29, 0.717) is 29.6 Å². The van der Waals surface area contributed by atoms with E-state index in [-0.39, 0.29) is 17.9 Å². The highest BCUT2D eigenvalue weighted by Crippen LogP contribution is 2.37. The van der Waals surface area contributed by atoms with Gasteiger partial charge in [0.15, 0.2) is 11.5 Å². The van der Waals surface area contributed by atoms with Crippen molar-refractivity contribution in [3.63, 3.8) is 0 Å². The zero-order valence-corrected chi connectivity index (χ0v) is 19.3. The SMILES string of the molecule is Cc1nc(C[C@@H]2CC[C@H](Cc3cnc(C(F)(F)F)cn3)C2)nc2c1NC(=O)[C@H](C(C)C)N2C. The number of hydrogen-bond acceptors (Lipinski definition) is 6. The normalized spacial score (nSPS) is 23.1. The van der Waals surface area contributed by atoms with Crippen LogP contribution in [0.25, 0.3) is 0 Å². The van der Waals surface area contributed by atoms with E-state index in [1.165, 1.54) is 6.20 Å². The molecule has 0 bridgehead atoms. The summed E-state index contributed by atoms with van der Waals surface area (Å²) in [4.78, 5) is 31.4. The number of aromatic nitrogens is 4. The van der Waals surface area contributed by atoms with Gasteiger partial charge in [0.2, 0.25) is 5.91 Å². The molecular formula is C23H29F3N6O. The minimum atomic E-state index is -4.47. The largest absolute Gasteiger partial charge is 0.434 e. The molecule has 0 unspecified atom stereocenters. The number of nitrogens with one attached hydrogen (secondary N) is 1. The molecule has 0 spiro atoms. The highest BCUT2D eigenvalue weighted by Gasteiger charge is 2.36. The second-order valence-corrected chi connectivity index (χ2v) is 9.56. The third-order valence-electron chi connectivity index (χ3n) is 6.63. The van der Waals surface area contributed by atoms with Gasteiger partial charge in [0.25, 0.3) is 0 Å². The molecule has 1 N–H and O–H groups in total. The van der Waals surface area contributed by atoms with Crippen LogP contribution >= 0.6 is 0 Å². The summed E-state index contributed by atoms with van der Waals surface area (Å²) in [6.45, 7) is 5.91. The molecule has 1 amide bonds. The smallest absolute Gasteiger partial charge is 0.346 e. The van der Waals surface area contributed by atoms with Crippen molar-refractivity contribution < 1.29 is 18.0 Å². The summed E-state index contributed by atoms with van der Waals surface area (Å²) in [5.74, 6) is 2.38. The number of aryl methyl sites for hydroxylation is 1. The van der Waals surface area contributed by atoms with Gasteiger partial charge in [-0.05, 0) is 50.4 Å². The molecule has 0 radical (unpaired) electrons. The number of halogens is 3. The van der Waals surface area contributed by atoms with Crippen molar-refractivity contribution in [1.29, 1.82) is 0 Å². The molecule has 2 aromatic heterocycles. The van der Waals surface area contributed by atoms with Crippen molar-refractivity contribution in [3.8, 4) is 0 Å². The first-order valence-electron chi connectivity index (χ1n) is 11.3.